The molecule has 0 aliphatic carbocycles. The highest BCUT2D eigenvalue weighted by atomic mass is 16.5. The average Bonchev–Trinajstić information content (AvgIpc) is 3.02. The van der Waals surface area contributed by atoms with Gasteiger partial charge in [-0.1, -0.05) is 6.92 Å². The molecule has 1 aromatic carbocycles. The van der Waals surface area contributed by atoms with Gasteiger partial charge in [0.15, 0.2) is 18.2 Å². The van der Waals surface area contributed by atoms with E-state index in [0.29, 0.717) is 23.2 Å². The molecule has 1 amide bonds. The van der Waals surface area contributed by atoms with Crippen molar-refractivity contribution in [1.82, 2.24) is 4.57 Å². The Balaban J connectivity index is 1.96. The van der Waals surface area contributed by atoms with Gasteiger partial charge in [-0.25, -0.2) is 4.79 Å². The molecule has 2 rings (SSSR count). The average molecular weight is 356 g/mol. The summed E-state index contributed by atoms with van der Waals surface area (Å²) in [5.74, 6) is -1.33. The van der Waals surface area contributed by atoms with Gasteiger partial charge in [-0.2, -0.15) is 0 Å². The maximum absolute atomic E-state index is 12.1. The van der Waals surface area contributed by atoms with Crippen LogP contribution in [-0.2, 0) is 16.6 Å². The number of ether oxygens (including phenoxy) is 1. The molecule has 2 aromatic rings. The molecule has 0 saturated heterocycles. The van der Waals surface area contributed by atoms with Gasteiger partial charge in [0.1, 0.15) is 5.69 Å². The number of ketones is 2. The Labute approximate surface area is 151 Å². The van der Waals surface area contributed by atoms with E-state index in [1.165, 1.54) is 23.8 Å². The molecule has 0 radical (unpaired) electrons. The minimum absolute atomic E-state index is 0.120. The SMILES string of the molecule is CCC(=O)Nc1ccc(C(=O)COC(=O)c2cc(C(C)=O)cn2C)cc1. The summed E-state index contributed by atoms with van der Waals surface area (Å²) in [6.45, 7) is 2.73. The lowest BCUT2D eigenvalue weighted by atomic mass is 10.1. The second kappa shape index (κ2) is 8.24. The smallest absolute Gasteiger partial charge is 0.355 e. The van der Waals surface area contributed by atoms with Gasteiger partial charge in [0.05, 0.1) is 0 Å². The van der Waals surface area contributed by atoms with Crippen LogP contribution in [0.3, 0.4) is 0 Å². The zero-order chi connectivity index (χ0) is 19.3. The van der Waals surface area contributed by atoms with E-state index < -0.39 is 12.6 Å². The van der Waals surface area contributed by atoms with Crippen LogP contribution in [0.2, 0.25) is 0 Å². The fourth-order valence-corrected chi connectivity index (χ4v) is 2.24. The van der Waals surface area contributed by atoms with E-state index >= 15 is 0 Å². The second-order valence-corrected chi connectivity index (χ2v) is 5.76. The van der Waals surface area contributed by atoms with Crippen molar-refractivity contribution in [2.24, 2.45) is 7.05 Å². The monoisotopic (exact) mass is 356 g/mol. The molecule has 0 aliphatic heterocycles. The number of hydrogen-bond acceptors (Lipinski definition) is 5. The largest absolute Gasteiger partial charge is 0.453 e. The number of Topliss-reactive ketones (excluding diaryl/α,β-unsaturated/α-hetero) is 2. The van der Waals surface area contributed by atoms with Crippen molar-refractivity contribution < 1.29 is 23.9 Å². The number of anilines is 1. The van der Waals surface area contributed by atoms with Crippen LogP contribution in [0, 0.1) is 0 Å². The summed E-state index contributed by atoms with van der Waals surface area (Å²) in [7, 11) is 1.62. The van der Waals surface area contributed by atoms with E-state index in [1.54, 1.807) is 38.2 Å². The standard InChI is InChI=1S/C19H20N2O5/c1-4-18(24)20-15-7-5-13(6-8-15)17(23)11-26-19(25)16-9-14(12(2)22)10-21(16)3/h5-10H,4,11H2,1-3H3,(H,20,24). The lowest BCUT2D eigenvalue weighted by Gasteiger charge is -2.07. The van der Waals surface area contributed by atoms with Gasteiger partial charge in [0, 0.05) is 36.5 Å². The first kappa shape index (κ1) is 19.1. The summed E-state index contributed by atoms with van der Waals surface area (Å²) in [6, 6.07) is 7.76. The van der Waals surface area contributed by atoms with Crippen molar-refractivity contribution in [3.63, 3.8) is 0 Å². The van der Waals surface area contributed by atoms with E-state index in [2.05, 4.69) is 5.32 Å². The molecule has 0 atom stereocenters. The Morgan fingerprint density at radius 3 is 2.27 bits per heavy atom. The number of carbonyl (C=O) groups excluding carboxylic acids is 4. The van der Waals surface area contributed by atoms with Gasteiger partial charge in [-0.05, 0) is 37.3 Å². The van der Waals surface area contributed by atoms with Gasteiger partial charge < -0.3 is 14.6 Å². The summed E-state index contributed by atoms with van der Waals surface area (Å²) in [5, 5.41) is 2.68. The van der Waals surface area contributed by atoms with Crippen molar-refractivity contribution >= 4 is 29.1 Å². The first-order chi connectivity index (χ1) is 12.3. The third kappa shape index (κ3) is 4.66. The number of nitrogens with one attached hydrogen (secondary N) is 1. The molecular weight excluding hydrogens is 336 g/mol. The Hall–Kier alpha value is -3.22. The van der Waals surface area contributed by atoms with Crippen molar-refractivity contribution in [3.8, 4) is 0 Å². The summed E-state index contributed by atoms with van der Waals surface area (Å²) < 4.78 is 6.52. The van der Waals surface area contributed by atoms with Gasteiger partial charge in [-0.15, -0.1) is 0 Å². The first-order valence-corrected chi connectivity index (χ1v) is 8.09. The minimum Gasteiger partial charge on any atom is -0.453 e. The Morgan fingerprint density at radius 2 is 1.73 bits per heavy atom. The van der Waals surface area contributed by atoms with Crippen LogP contribution in [0.15, 0.2) is 36.5 Å². The van der Waals surface area contributed by atoms with E-state index in [0.717, 1.165) is 0 Å². The van der Waals surface area contributed by atoms with E-state index in [4.69, 9.17) is 4.74 Å². The van der Waals surface area contributed by atoms with Crippen molar-refractivity contribution in [2.75, 3.05) is 11.9 Å². The number of carbonyl (C=O) groups is 4. The summed E-state index contributed by atoms with van der Waals surface area (Å²) >= 11 is 0. The van der Waals surface area contributed by atoms with Crippen LogP contribution in [0.1, 0.15) is 51.5 Å². The van der Waals surface area contributed by atoms with Crippen LogP contribution in [0.25, 0.3) is 0 Å². The number of hydrogen-bond donors (Lipinski definition) is 1. The molecule has 0 fully saturated rings. The molecule has 136 valence electrons. The van der Waals surface area contributed by atoms with Crippen molar-refractivity contribution in [3.05, 3.63) is 53.3 Å². The molecule has 0 spiro atoms. The van der Waals surface area contributed by atoms with Gasteiger partial charge >= 0.3 is 5.97 Å². The number of amides is 1. The third-order valence-electron chi connectivity index (χ3n) is 3.77. The molecule has 1 aromatic heterocycles. The number of esters is 1. The first-order valence-electron chi connectivity index (χ1n) is 8.09. The summed E-state index contributed by atoms with van der Waals surface area (Å²) in [6.07, 6.45) is 1.89. The molecule has 1 N–H and O–H groups in total. The summed E-state index contributed by atoms with van der Waals surface area (Å²) in [5.41, 5.74) is 1.55. The Kier molecular flexibility index (Phi) is 6.06. The molecule has 26 heavy (non-hydrogen) atoms. The van der Waals surface area contributed by atoms with E-state index in [9.17, 15) is 19.2 Å². The highest BCUT2D eigenvalue weighted by Crippen LogP contribution is 2.12. The highest BCUT2D eigenvalue weighted by Gasteiger charge is 2.17. The quantitative estimate of drug-likeness (QED) is 0.608. The second-order valence-electron chi connectivity index (χ2n) is 5.76. The van der Waals surface area contributed by atoms with Crippen LogP contribution in [0.5, 0.6) is 0 Å². The molecule has 0 saturated carbocycles. The van der Waals surface area contributed by atoms with Crippen molar-refractivity contribution in [1.29, 1.82) is 0 Å². The molecule has 7 nitrogen and oxygen atoms in total. The number of nitrogens with zero attached hydrogens (tertiary/aromatic N) is 1. The molecule has 0 bridgehead atoms. The minimum atomic E-state index is -0.680. The number of benzene rings is 1. The molecular formula is C19H20N2O5. The topological polar surface area (TPSA) is 94.5 Å². The Morgan fingerprint density at radius 1 is 1.08 bits per heavy atom. The highest BCUT2D eigenvalue weighted by molar-refractivity contribution is 6.01. The number of aromatic nitrogens is 1. The Bertz CT molecular complexity index is 849. The molecule has 1 heterocycles. The number of rotatable bonds is 7. The van der Waals surface area contributed by atoms with Gasteiger partial charge in [0.25, 0.3) is 0 Å². The molecule has 0 unspecified atom stereocenters. The fraction of sp³-hybridized carbons (Fsp3) is 0.263. The van der Waals surface area contributed by atoms with E-state index in [1.807, 2.05) is 0 Å². The zero-order valence-corrected chi connectivity index (χ0v) is 14.9. The maximum Gasteiger partial charge on any atom is 0.355 e. The maximum atomic E-state index is 12.1. The zero-order valence-electron chi connectivity index (χ0n) is 14.9. The summed E-state index contributed by atoms with van der Waals surface area (Å²) in [4.78, 5) is 46.9. The normalized spacial score (nSPS) is 10.3. The lowest BCUT2D eigenvalue weighted by Crippen LogP contribution is -2.16. The molecule has 0 aliphatic rings. The van der Waals surface area contributed by atoms with Crippen LogP contribution < -0.4 is 5.32 Å². The van der Waals surface area contributed by atoms with Crippen LogP contribution >= 0.6 is 0 Å². The van der Waals surface area contributed by atoms with E-state index in [-0.39, 0.29) is 23.2 Å². The van der Waals surface area contributed by atoms with Crippen LogP contribution in [0.4, 0.5) is 5.69 Å². The van der Waals surface area contributed by atoms with Crippen molar-refractivity contribution in [2.45, 2.75) is 20.3 Å². The van der Waals surface area contributed by atoms with Crippen LogP contribution in [-0.4, -0.2) is 34.6 Å². The lowest BCUT2D eigenvalue weighted by molar-refractivity contribution is -0.115. The molecule has 7 heteroatoms. The predicted molar refractivity (Wildman–Crippen MR) is 95.4 cm³/mol. The number of aryl methyl sites for hydroxylation is 1. The fourth-order valence-electron chi connectivity index (χ4n) is 2.24. The third-order valence-corrected chi connectivity index (χ3v) is 3.77. The predicted octanol–water partition coefficient (Wildman–Crippen LogP) is 2.62. The van der Waals surface area contributed by atoms with Gasteiger partial charge in [0.2, 0.25) is 5.91 Å². The van der Waals surface area contributed by atoms with Gasteiger partial charge in [-0.3, -0.25) is 14.4 Å².